The maximum absolute atomic E-state index is 13.4. The van der Waals surface area contributed by atoms with Gasteiger partial charge in [-0.3, -0.25) is 14.3 Å². The van der Waals surface area contributed by atoms with Crippen LogP contribution in [-0.2, 0) is 21.5 Å². The van der Waals surface area contributed by atoms with Crippen molar-refractivity contribution in [3.05, 3.63) is 54.5 Å². The molecule has 2 heterocycles. The summed E-state index contributed by atoms with van der Waals surface area (Å²) in [6.45, 7) is 10.1. The van der Waals surface area contributed by atoms with Crippen molar-refractivity contribution >= 4 is 33.1 Å². The van der Waals surface area contributed by atoms with Crippen molar-refractivity contribution in [2.75, 3.05) is 14.1 Å². The van der Waals surface area contributed by atoms with E-state index in [0.29, 0.717) is 20.8 Å². The number of ether oxygens (including phenoxy) is 1. The van der Waals surface area contributed by atoms with Gasteiger partial charge in [-0.1, -0.05) is 32.9 Å². The lowest BCUT2D eigenvalue weighted by Crippen LogP contribution is -2.45. The number of rotatable bonds is 5. The Balaban J connectivity index is 2.20. The summed E-state index contributed by atoms with van der Waals surface area (Å²) in [7, 11) is -1.48. The van der Waals surface area contributed by atoms with Crippen LogP contribution in [0.25, 0.3) is 22.0 Å². The second kappa shape index (κ2) is 9.67. The Bertz CT molecular complexity index is 1380. The van der Waals surface area contributed by atoms with Gasteiger partial charge in [-0.05, 0) is 55.7 Å². The Kier molecular flexibility index (Phi) is 7.34. The van der Waals surface area contributed by atoms with E-state index in [9.17, 15) is 18.0 Å². The van der Waals surface area contributed by atoms with Gasteiger partial charge in [0.2, 0.25) is 5.91 Å². The summed E-state index contributed by atoms with van der Waals surface area (Å²) in [5.41, 5.74) is 1.33. The van der Waals surface area contributed by atoms with E-state index in [-0.39, 0.29) is 12.5 Å². The largest absolute Gasteiger partial charge is 0.443 e. The van der Waals surface area contributed by atoms with Crippen molar-refractivity contribution in [1.29, 1.82) is 0 Å². The number of amides is 1. The molecule has 10 heteroatoms. The molecule has 0 bridgehead atoms. The standard InChI is InChI=1S/C26H34N4O5S/c1-25(2,3)23(31)29-16-20(17-30(36(33,34)28(7)8)24(32)35-26(4,5)6)21-10-9-19(15-22(21)29)18-11-13-27-14-12-18/h9-16H,17H2,1-8H3. The smallest absolute Gasteiger partial charge is 0.425 e. The minimum absolute atomic E-state index is 0.162. The first-order valence-electron chi connectivity index (χ1n) is 11.5. The van der Waals surface area contributed by atoms with Gasteiger partial charge in [-0.2, -0.15) is 17.0 Å². The average Bonchev–Trinajstić information content (AvgIpc) is 3.12. The van der Waals surface area contributed by atoms with E-state index in [0.717, 1.165) is 15.4 Å². The van der Waals surface area contributed by atoms with Crippen LogP contribution in [0.2, 0.25) is 0 Å². The number of pyridine rings is 1. The molecule has 9 nitrogen and oxygen atoms in total. The molecule has 0 N–H and O–H groups in total. The molecule has 0 aliphatic carbocycles. The van der Waals surface area contributed by atoms with Gasteiger partial charge in [0.05, 0.1) is 12.1 Å². The summed E-state index contributed by atoms with van der Waals surface area (Å²) in [6, 6.07) is 9.35. The summed E-state index contributed by atoms with van der Waals surface area (Å²) in [5, 5.41) is 0.660. The van der Waals surface area contributed by atoms with Crippen molar-refractivity contribution in [2.24, 2.45) is 5.41 Å². The molecule has 0 spiro atoms. The maximum atomic E-state index is 13.4. The maximum Gasteiger partial charge on any atom is 0.425 e. The summed E-state index contributed by atoms with van der Waals surface area (Å²) >= 11 is 0. The Morgan fingerprint density at radius 2 is 1.58 bits per heavy atom. The van der Waals surface area contributed by atoms with Crippen LogP contribution in [0.3, 0.4) is 0 Å². The molecule has 1 aromatic carbocycles. The van der Waals surface area contributed by atoms with Crippen LogP contribution in [0.15, 0.2) is 48.9 Å². The third-order valence-corrected chi connectivity index (χ3v) is 7.17. The SMILES string of the molecule is CN(C)S(=O)(=O)N(Cc1cn(C(=O)C(C)(C)C)c2cc(-c3ccncc3)ccc12)C(=O)OC(C)(C)C. The summed E-state index contributed by atoms with van der Waals surface area (Å²) in [4.78, 5) is 30.4. The predicted molar refractivity (Wildman–Crippen MR) is 140 cm³/mol. The lowest BCUT2D eigenvalue weighted by atomic mass is 9.95. The number of aromatic nitrogens is 2. The summed E-state index contributed by atoms with van der Waals surface area (Å²) in [5.74, 6) is -0.162. The Hall–Kier alpha value is -3.24. The number of hydrogen-bond donors (Lipinski definition) is 0. The molecule has 0 saturated heterocycles. The number of fused-ring (bicyclic) bond motifs is 1. The number of benzene rings is 1. The first-order chi connectivity index (χ1) is 16.5. The quantitative estimate of drug-likeness (QED) is 0.478. The third kappa shape index (κ3) is 5.76. The van der Waals surface area contributed by atoms with Crippen LogP contribution in [0.5, 0.6) is 0 Å². The Labute approximate surface area is 212 Å². The van der Waals surface area contributed by atoms with Crippen LogP contribution >= 0.6 is 0 Å². The van der Waals surface area contributed by atoms with Crippen molar-refractivity contribution < 1.29 is 22.7 Å². The van der Waals surface area contributed by atoms with Gasteiger partial charge in [0.1, 0.15) is 5.60 Å². The summed E-state index contributed by atoms with van der Waals surface area (Å²) < 4.78 is 34.8. The minimum atomic E-state index is -4.18. The summed E-state index contributed by atoms with van der Waals surface area (Å²) in [6.07, 6.45) is 3.99. The predicted octanol–water partition coefficient (Wildman–Crippen LogP) is 4.93. The molecule has 0 fully saturated rings. The van der Waals surface area contributed by atoms with Crippen molar-refractivity contribution in [3.63, 3.8) is 0 Å². The molecule has 0 atom stereocenters. The molecular weight excluding hydrogens is 480 g/mol. The number of nitrogens with zero attached hydrogens (tertiary/aromatic N) is 4. The highest BCUT2D eigenvalue weighted by molar-refractivity contribution is 7.87. The van der Waals surface area contributed by atoms with Crippen molar-refractivity contribution in [3.8, 4) is 11.1 Å². The van der Waals surface area contributed by atoms with Gasteiger partial charge in [0.25, 0.3) is 0 Å². The monoisotopic (exact) mass is 514 g/mol. The average molecular weight is 515 g/mol. The van der Waals surface area contributed by atoms with E-state index in [1.807, 2.05) is 51.1 Å². The van der Waals surface area contributed by atoms with Gasteiger partial charge in [-0.15, -0.1) is 0 Å². The highest BCUT2D eigenvalue weighted by atomic mass is 32.2. The topological polar surface area (TPSA) is 102 Å². The van der Waals surface area contributed by atoms with Gasteiger partial charge in [-0.25, -0.2) is 4.79 Å². The Morgan fingerprint density at radius 3 is 2.11 bits per heavy atom. The van der Waals surface area contributed by atoms with Crippen LogP contribution < -0.4 is 0 Å². The van der Waals surface area contributed by atoms with E-state index in [4.69, 9.17) is 4.74 Å². The molecule has 0 saturated carbocycles. The van der Waals surface area contributed by atoms with E-state index in [1.54, 1.807) is 39.4 Å². The van der Waals surface area contributed by atoms with Crippen molar-refractivity contribution in [1.82, 2.24) is 18.2 Å². The molecule has 36 heavy (non-hydrogen) atoms. The Morgan fingerprint density at radius 1 is 0.972 bits per heavy atom. The molecule has 0 unspecified atom stereocenters. The zero-order valence-corrected chi connectivity index (χ0v) is 22.9. The fraction of sp³-hybridized carbons (Fsp3) is 0.423. The zero-order valence-electron chi connectivity index (χ0n) is 22.1. The fourth-order valence-corrected chi connectivity index (χ4v) is 4.50. The first-order valence-corrected chi connectivity index (χ1v) is 12.9. The fourth-order valence-electron chi connectivity index (χ4n) is 3.58. The molecule has 1 amide bonds. The van der Waals surface area contributed by atoms with E-state index in [1.165, 1.54) is 18.7 Å². The number of carbonyl (C=O) groups is 2. The second-order valence-electron chi connectivity index (χ2n) is 10.8. The molecule has 3 rings (SSSR count). The highest BCUT2D eigenvalue weighted by Gasteiger charge is 2.35. The molecule has 0 radical (unpaired) electrons. The molecule has 194 valence electrons. The molecule has 0 aliphatic rings. The van der Waals surface area contributed by atoms with Crippen LogP contribution in [0, 0.1) is 5.41 Å². The van der Waals surface area contributed by atoms with Gasteiger partial charge >= 0.3 is 16.3 Å². The molecular formula is C26H34N4O5S. The number of hydrogen-bond acceptors (Lipinski definition) is 6. The lowest BCUT2D eigenvalue weighted by molar-refractivity contribution is 0.0374. The zero-order chi connectivity index (χ0) is 27.1. The van der Waals surface area contributed by atoms with E-state index >= 15 is 0 Å². The molecule has 0 aliphatic heterocycles. The van der Waals surface area contributed by atoms with Gasteiger partial charge < -0.3 is 4.74 Å². The number of carbonyl (C=O) groups excluding carboxylic acids is 2. The second-order valence-corrected chi connectivity index (χ2v) is 12.9. The van der Waals surface area contributed by atoms with E-state index < -0.39 is 27.3 Å². The van der Waals surface area contributed by atoms with Crippen LogP contribution in [0.4, 0.5) is 4.79 Å². The first kappa shape index (κ1) is 27.3. The van der Waals surface area contributed by atoms with Gasteiger partial charge in [0.15, 0.2) is 0 Å². The van der Waals surface area contributed by atoms with Gasteiger partial charge in [0, 0.05) is 43.5 Å². The lowest BCUT2D eigenvalue weighted by Gasteiger charge is -2.28. The highest BCUT2D eigenvalue weighted by Crippen LogP contribution is 2.31. The van der Waals surface area contributed by atoms with Crippen molar-refractivity contribution in [2.45, 2.75) is 53.7 Å². The minimum Gasteiger partial charge on any atom is -0.443 e. The van der Waals surface area contributed by atoms with Crippen LogP contribution in [-0.4, -0.2) is 58.3 Å². The normalized spacial score (nSPS) is 12.7. The van der Waals surface area contributed by atoms with E-state index in [2.05, 4.69) is 4.98 Å². The van der Waals surface area contributed by atoms with Crippen LogP contribution in [0.1, 0.15) is 51.9 Å². The molecule has 3 aromatic rings. The third-order valence-electron chi connectivity index (χ3n) is 5.41. The molecule has 2 aromatic heterocycles.